The summed E-state index contributed by atoms with van der Waals surface area (Å²) in [4.78, 5) is 2.70. The molecule has 21 heavy (non-hydrogen) atoms. The number of nitrogens with one attached hydrogen (secondary N) is 1. The molecule has 3 rings (SSSR count). The molecule has 0 spiro atoms. The SMILES string of the molecule is CNCc1cc(S(=O)(=O)N2CCc3sccc3C2)c(Br)s1. The van der Waals surface area contributed by atoms with Crippen LogP contribution in [0.3, 0.4) is 0 Å². The van der Waals surface area contributed by atoms with Crippen LogP contribution in [0, 0.1) is 0 Å². The number of rotatable bonds is 4. The van der Waals surface area contributed by atoms with Crippen molar-refractivity contribution in [2.75, 3.05) is 13.6 Å². The van der Waals surface area contributed by atoms with Crippen LogP contribution >= 0.6 is 38.6 Å². The zero-order valence-electron chi connectivity index (χ0n) is 11.4. The van der Waals surface area contributed by atoms with Gasteiger partial charge in [0.1, 0.15) is 4.90 Å². The van der Waals surface area contributed by atoms with Crippen LogP contribution in [-0.4, -0.2) is 26.3 Å². The molecular formula is C13H15BrN2O2S3. The van der Waals surface area contributed by atoms with Crippen molar-refractivity contribution in [2.24, 2.45) is 0 Å². The molecule has 0 bridgehead atoms. The number of sulfonamides is 1. The fourth-order valence-corrected chi connectivity index (χ4v) is 7.35. The van der Waals surface area contributed by atoms with Crippen LogP contribution in [-0.2, 0) is 29.5 Å². The molecule has 0 saturated heterocycles. The normalized spacial score (nSPS) is 16.1. The van der Waals surface area contributed by atoms with Crippen molar-refractivity contribution in [2.45, 2.75) is 24.4 Å². The quantitative estimate of drug-likeness (QED) is 0.848. The van der Waals surface area contributed by atoms with Gasteiger partial charge in [0, 0.05) is 29.4 Å². The number of halogens is 1. The van der Waals surface area contributed by atoms with Gasteiger partial charge in [-0.2, -0.15) is 4.31 Å². The third-order valence-corrected chi connectivity index (χ3v) is 8.57. The molecule has 0 fully saturated rings. The fraction of sp³-hybridized carbons (Fsp3) is 0.385. The van der Waals surface area contributed by atoms with E-state index in [-0.39, 0.29) is 0 Å². The van der Waals surface area contributed by atoms with E-state index in [9.17, 15) is 8.42 Å². The molecule has 2 aromatic heterocycles. The lowest BCUT2D eigenvalue weighted by Crippen LogP contribution is -2.35. The van der Waals surface area contributed by atoms with Crippen molar-refractivity contribution in [3.8, 4) is 0 Å². The molecule has 0 atom stereocenters. The Kier molecular flexibility index (Phi) is 4.54. The molecule has 114 valence electrons. The number of thiophene rings is 2. The van der Waals surface area contributed by atoms with Crippen LogP contribution in [0.15, 0.2) is 26.2 Å². The predicted octanol–water partition coefficient (Wildman–Crippen LogP) is 3.04. The van der Waals surface area contributed by atoms with Crippen LogP contribution in [0.2, 0.25) is 0 Å². The van der Waals surface area contributed by atoms with Crippen molar-refractivity contribution < 1.29 is 8.42 Å². The van der Waals surface area contributed by atoms with E-state index in [1.165, 1.54) is 16.2 Å². The standard InChI is InChI=1S/C13H15BrN2O2S3/c1-15-7-10-6-12(13(14)20-10)21(17,18)16-4-2-11-9(8-16)3-5-19-11/h3,5-6,15H,2,4,7-8H2,1H3. The highest BCUT2D eigenvalue weighted by molar-refractivity contribution is 9.11. The number of hydrogen-bond acceptors (Lipinski definition) is 5. The van der Waals surface area contributed by atoms with Gasteiger partial charge < -0.3 is 5.32 Å². The van der Waals surface area contributed by atoms with Crippen molar-refractivity contribution in [1.29, 1.82) is 0 Å². The maximum Gasteiger partial charge on any atom is 0.245 e. The molecule has 1 N–H and O–H groups in total. The lowest BCUT2D eigenvalue weighted by atomic mass is 10.1. The van der Waals surface area contributed by atoms with Crippen LogP contribution in [0.5, 0.6) is 0 Å². The van der Waals surface area contributed by atoms with Crippen molar-refractivity contribution in [3.05, 3.63) is 36.6 Å². The molecule has 4 nitrogen and oxygen atoms in total. The molecule has 3 heterocycles. The summed E-state index contributed by atoms with van der Waals surface area (Å²) in [7, 11) is -1.59. The Bertz CT molecular complexity index is 751. The molecule has 1 aliphatic rings. The van der Waals surface area contributed by atoms with Crippen LogP contribution < -0.4 is 5.32 Å². The highest BCUT2D eigenvalue weighted by atomic mass is 79.9. The fourth-order valence-electron chi connectivity index (χ4n) is 2.40. The van der Waals surface area contributed by atoms with Gasteiger partial charge in [-0.3, -0.25) is 0 Å². The van der Waals surface area contributed by atoms with Crippen LogP contribution in [0.1, 0.15) is 15.3 Å². The molecule has 0 saturated carbocycles. The molecule has 1 aliphatic heterocycles. The maximum absolute atomic E-state index is 12.8. The topological polar surface area (TPSA) is 49.4 Å². The Labute approximate surface area is 141 Å². The van der Waals surface area contributed by atoms with E-state index in [0.717, 1.165) is 16.9 Å². The minimum atomic E-state index is -3.44. The Morgan fingerprint density at radius 3 is 3.05 bits per heavy atom. The molecule has 2 aromatic rings. The van der Waals surface area contributed by atoms with Crippen LogP contribution in [0.4, 0.5) is 0 Å². The van der Waals surface area contributed by atoms with Gasteiger partial charge in [-0.05, 0) is 52.5 Å². The van der Waals surface area contributed by atoms with Gasteiger partial charge in [0.25, 0.3) is 0 Å². The first kappa shape index (κ1) is 15.6. The van der Waals surface area contributed by atoms with E-state index in [0.29, 0.717) is 28.3 Å². The summed E-state index contributed by atoms with van der Waals surface area (Å²) in [6, 6.07) is 3.79. The number of nitrogens with zero attached hydrogens (tertiary/aromatic N) is 1. The van der Waals surface area contributed by atoms with E-state index < -0.39 is 10.0 Å². The number of hydrogen-bond donors (Lipinski definition) is 1. The van der Waals surface area contributed by atoms with Gasteiger partial charge in [-0.15, -0.1) is 22.7 Å². The van der Waals surface area contributed by atoms with Gasteiger partial charge in [-0.25, -0.2) is 8.42 Å². The third-order valence-electron chi connectivity index (χ3n) is 3.45. The summed E-state index contributed by atoms with van der Waals surface area (Å²) < 4.78 is 28.0. The van der Waals surface area contributed by atoms with E-state index in [4.69, 9.17) is 0 Å². The Morgan fingerprint density at radius 2 is 2.29 bits per heavy atom. The summed E-state index contributed by atoms with van der Waals surface area (Å²) in [5.74, 6) is 0. The Morgan fingerprint density at radius 1 is 1.48 bits per heavy atom. The molecule has 0 unspecified atom stereocenters. The summed E-state index contributed by atoms with van der Waals surface area (Å²) in [5.41, 5.74) is 1.14. The molecular weight excluding hydrogens is 392 g/mol. The van der Waals surface area contributed by atoms with Crippen molar-refractivity contribution in [1.82, 2.24) is 9.62 Å². The summed E-state index contributed by atoms with van der Waals surface area (Å²) >= 11 is 6.58. The smallest absolute Gasteiger partial charge is 0.245 e. The molecule has 0 aromatic carbocycles. The summed E-state index contributed by atoms with van der Waals surface area (Å²) in [6.07, 6.45) is 0.803. The van der Waals surface area contributed by atoms with E-state index in [1.807, 2.05) is 18.5 Å². The van der Waals surface area contributed by atoms with E-state index in [1.54, 1.807) is 21.7 Å². The first-order chi connectivity index (χ1) is 10.0. The minimum absolute atomic E-state index is 0.386. The van der Waals surface area contributed by atoms with E-state index in [2.05, 4.69) is 21.2 Å². The maximum atomic E-state index is 12.8. The summed E-state index contributed by atoms with van der Waals surface area (Å²) in [5, 5.41) is 5.08. The lowest BCUT2D eigenvalue weighted by Gasteiger charge is -2.26. The van der Waals surface area contributed by atoms with Gasteiger partial charge in [-0.1, -0.05) is 0 Å². The second-order valence-electron chi connectivity index (χ2n) is 4.84. The highest BCUT2D eigenvalue weighted by Crippen LogP contribution is 2.35. The first-order valence-electron chi connectivity index (χ1n) is 6.50. The van der Waals surface area contributed by atoms with Gasteiger partial charge in [0.15, 0.2) is 0 Å². The van der Waals surface area contributed by atoms with Gasteiger partial charge in [0.2, 0.25) is 10.0 Å². The molecule has 0 aliphatic carbocycles. The second-order valence-corrected chi connectivity index (χ2v) is 10.2. The minimum Gasteiger partial charge on any atom is -0.315 e. The first-order valence-corrected chi connectivity index (χ1v) is 10.4. The zero-order chi connectivity index (χ0) is 15.0. The van der Waals surface area contributed by atoms with Crippen molar-refractivity contribution in [3.63, 3.8) is 0 Å². The van der Waals surface area contributed by atoms with Gasteiger partial charge in [0.05, 0.1) is 3.79 Å². The third kappa shape index (κ3) is 2.97. The van der Waals surface area contributed by atoms with Crippen LogP contribution in [0.25, 0.3) is 0 Å². The lowest BCUT2D eigenvalue weighted by molar-refractivity contribution is 0.394. The highest BCUT2D eigenvalue weighted by Gasteiger charge is 2.31. The molecule has 8 heteroatoms. The average Bonchev–Trinajstić information content (AvgIpc) is 3.04. The summed E-state index contributed by atoms with van der Waals surface area (Å²) in [6.45, 7) is 1.71. The zero-order valence-corrected chi connectivity index (χ0v) is 15.5. The predicted molar refractivity (Wildman–Crippen MR) is 90.4 cm³/mol. The Hall–Kier alpha value is -0.250. The number of fused-ring (bicyclic) bond motifs is 1. The van der Waals surface area contributed by atoms with Crippen molar-refractivity contribution >= 4 is 48.6 Å². The molecule has 0 amide bonds. The average molecular weight is 407 g/mol. The molecule has 0 radical (unpaired) electrons. The monoisotopic (exact) mass is 406 g/mol. The van der Waals surface area contributed by atoms with Gasteiger partial charge >= 0.3 is 0 Å². The van der Waals surface area contributed by atoms with E-state index >= 15 is 0 Å². The second kappa shape index (κ2) is 6.10. The Balaban J connectivity index is 1.91. The largest absolute Gasteiger partial charge is 0.315 e.